The fraction of sp³-hybridized carbons (Fsp3) is 0.182. The lowest BCUT2D eigenvalue weighted by atomic mass is 10.2. The molecule has 0 spiro atoms. The fourth-order valence-corrected chi connectivity index (χ4v) is 0.976. The highest BCUT2D eigenvalue weighted by Crippen LogP contribution is 2.21. The van der Waals surface area contributed by atoms with Gasteiger partial charge in [0.05, 0.1) is 5.56 Å². The third-order valence-electron chi connectivity index (χ3n) is 1.67. The summed E-state index contributed by atoms with van der Waals surface area (Å²) in [6.45, 7) is 5.75. The van der Waals surface area contributed by atoms with Gasteiger partial charge in [0, 0.05) is 0 Å². The third kappa shape index (κ3) is 3.02. The summed E-state index contributed by atoms with van der Waals surface area (Å²) in [5, 5.41) is 19.9. The Labute approximate surface area is 87.4 Å². The van der Waals surface area contributed by atoms with Crippen LogP contribution in [0.25, 0.3) is 0 Å². The Bertz CT molecular complexity index is 396. The minimum absolute atomic E-state index is 0.252. The maximum absolute atomic E-state index is 11.2. The van der Waals surface area contributed by atoms with E-state index in [0.717, 1.165) is 11.6 Å². The Morgan fingerprint density at radius 2 is 2.27 bits per heavy atom. The predicted molar refractivity (Wildman–Crippen MR) is 53.2 cm³/mol. The van der Waals surface area contributed by atoms with E-state index in [1.807, 2.05) is 0 Å². The second-order valence-corrected chi connectivity index (χ2v) is 3.21. The summed E-state index contributed by atoms with van der Waals surface area (Å²) < 4.78 is 5.19. The first kappa shape index (κ1) is 11.1. The van der Waals surface area contributed by atoms with E-state index in [4.69, 9.17) is 9.84 Å². The molecular formula is C11H11O4-. The maximum atomic E-state index is 11.2. The topological polar surface area (TPSA) is 69.6 Å². The van der Waals surface area contributed by atoms with Crippen molar-refractivity contribution in [3.63, 3.8) is 0 Å². The molecule has 0 unspecified atom stereocenters. The standard InChI is InChI=1S/C11H12O4/c1-7(2)6-15-8-3-4-9(11(13)14)10(12)5-8/h3-5,12H,1,6H2,2H3,(H,13,14)/p-1. The molecule has 80 valence electrons. The second kappa shape index (κ2) is 4.50. The van der Waals surface area contributed by atoms with E-state index in [2.05, 4.69) is 6.58 Å². The average Bonchev–Trinajstić information content (AvgIpc) is 2.14. The quantitative estimate of drug-likeness (QED) is 0.758. The largest absolute Gasteiger partial charge is 0.872 e. The number of hydrogen-bond donors (Lipinski definition) is 1. The van der Waals surface area contributed by atoms with E-state index in [-0.39, 0.29) is 5.56 Å². The summed E-state index contributed by atoms with van der Waals surface area (Å²) in [5.74, 6) is -1.43. The fourth-order valence-electron chi connectivity index (χ4n) is 0.976. The molecule has 15 heavy (non-hydrogen) atoms. The van der Waals surface area contributed by atoms with Crippen molar-refractivity contribution >= 4 is 5.97 Å². The van der Waals surface area contributed by atoms with Gasteiger partial charge < -0.3 is 14.9 Å². The maximum Gasteiger partial charge on any atom is 0.335 e. The minimum Gasteiger partial charge on any atom is -0.872 e. The third-order valence-corrected chi connectivity index (χ3v) is 1.67. The molecule has 1 N–H and O–H groups in total. The van der Waals surface area contributed by atoms with Crippen LogP contribution in [0.15, 0.2) is 30.4 Å². The average molecular weight is 207 g/mol. The smallest absolute Gasteiger partial charge is 0.335 e. The Hall–Kier alpha value is -1.97. The molecule has 4 nitrogen and oxygen atoms in total. The molecule has 0 fully saturated rings. The van der Waals surface area contributed by atoms with Crippen molar-refractivity contribution in [2.24, 2.45) is 0 Å². The first-order chi connectivity index (χ1) is 7.00. The number of rotatable bonds is 4. The molecule has 0 amide bonds. The van der Waals surface area contributed by atoms with Crippen molar-refractivity contribution in [1.82, 2.24) is 0 Å². The van der Waals surface area contributed by atoms with Crippen LogP contribution in [-0.2, 0) is 0 Å². The van der Waals surface area contributed by atoms with E-state index >= 15 is 0 Å². The number of hydrogen-bond acceptors (Lipinski definition) is 3. The van der Waals surface area contributed by atoms with Gasteiger partial charge >= 0.3 is 5.97 Å². The number of aromatic carboxylic acids is 1. The SMILES string of the molecule is C=C(C)COc1ccc(C(=O)O)c([O-])c1. The van der Waals surface area contributed by atoms with Gasteiger partial charge in [-0.1, -0.05) is 12.3 Å². The van der Waals surface area contributed by atoms with Gasteiger partial charge in [0.15, 0.2) is 0 Å². The van der Waals surface area contributed by atoms with E-state index in [1.165, 1.54) is 12.1 Å². The van der Waals surface area contributed by atoms with E-state index < -0.39 is 11.7 Å². The van der Waals surface area contributed by atoms with Gasteiger partial charge in [-0.05, 0) is 30.7 Å². The molecule has 1 rings (SSSR count). The van der Waals surface area contributed by atoms with Crippen molar-refractivity contribution in [1.29, 1.82) is 0 Å². The summed E-state index contributed by atoms with van der Waals surface area (Å²) in [4.78, 5) is 10.5. The predicted octanol–water partition coefficient (Wildman–Crippen LogP) is 1.41. The van der Waals surface area contributed by atoms with Crippen LogP contribution in [0.3, 0.4) is 0 Å². The van der Waals surface area contributed by atoms with Crippen LogP contribution in [0.1, 0.15) is 17.3 Å². The van der Waals surface area contributed by atoms with Gasteiger partial charge in [-0.15, -0.1) is 0 Å². The normalized spacial score (nSPS) is 9.67. The molecule has 1 aromatic rings. The summed E-state index contributed by atoms with van der Waals surface area (Å²) in [5.41, 5.74) is 0.572. The zero-order valence-corrected chi connectivity index (χ0v) is 8.32. The number of carbonyl (C=O) groups is 1. The zero-order chi connectivity index (χ0) is 11.4. The molecule has 0 atom stereocenters. The number of ether oxygens (including phenoxy) is 1. The van der Waals surface area contributed by atoms with E-state index in [0.29, 0.717) is 12.4 Å². The summed E-state index contributed by atoms with van der Waals surface area (Å²) in [6, 6.07) is 3.85. The van der Waals surface area contributed by atoms with Gasteiger partial charge in [0.25, 0.3) is 0 Å². The number of carboxylic acid groups (broad SMARTS) is 1. The van der Waals surface area contributed by atoms with Gasteiger partial charge in [0.1, 0.15) is 12.4 Å². The van der Waals surface area contributed by atoms with Crippen LogP contribution in [0.4, 0.5) is 0 Å². The lowest BCUT2D eigenvalue weighted by molar-refractivity contribution is -0.268. The van der Waals surface area contributed by atoms with Crippen LogP contribution in [0, 0.1) is 0 Å². The van der Waals surface area contributed by atoms with Gasteiger partial charge in [0.2, 0.25) is 0 Å². The highest BCUT2D eigenvalue weighted by Gasteiger charge is 2.04. The molecule has 0 saturated heterocycles. The van der Waals surface area contributed by atoms with E-state index in [9.17, 15) is 9.90 Å². The van der Waals surface area contributed by atoms with Crippen LogP contribution < -0.4 is 9.84 Å². The van der Waals surface area contributed by atoms with E-state index in [1.54, 1.807) is 6.92 Å². The summed E-state index contributed by atoms with van der Waals surface area (Å²) in [6.07, 6.45) is 0. The second-order valence-electron chi connectivity index (χ2n) is 3.21. The highest BCUT2D eigenvalue weighted by atomic mass is 16.5. The Morgan fingerprint density at radius 1 is 1.60 bits per heavy atom. The molecule has 0 aliphatic carbocycles. The van der Waals surface area contributed by atoms with Crippen LogP contribution in [0.2, 0.25) is 0 Å². The van der Waals surface area contributed by atoms with Gasteiger partial charge in [-0.2, -0.15) is 0 Å². The summed E-state index contributed by atoms with van der Waals surface area (Å²) >= 11 is 0. The zero-order valence-electron chi connectivity index (χ0n) is 8.32. The molecule has 0 saturated carbocycles. The van der Waals surface area contributed by atoms with Gasteiger partial charge in [-0.3, -0.25) is 0 Å². The van der Waals surface area contributed by atoms with Crippen LogP contribution in [0.5, 0.6) is 11.5 Å². The van der Waals surface area contributed by atoms with Crippen molar-refractivity contribution in [3.05, 3.63) is 35.9 Å². The summed E-state index contributed by atoms with van der Waals surface area (Å²) in [7, 11) is 0. The van der Waals surface area contributed by atoms with Crippen molar-refractivity contribution in [2.45, 2.75) is 6.92 Å². The Kier molecular flexibility index (Phi) is 3.33. The monoisotopic (exact) mass is 207 g/mol. The molecule has 0 aliphatic rings. The molecule has 0 aliphatic heterocycles. The lowest BCUT2D eigenvalue weighted by Crippen LogP contribution is -2.05. The van der Waals surface area contributed by atoms with Crippen molar-refractivity contribution in [2.75, 3.05) is 6.61 Å². The lowest BCUT2D eigenvalue weighted by Gasteiger charge is -2.12. The molecule has 4 heteroatoms. The number of carboxylic acids is 1. The first-order valence-corrected chi connectivity index (χ1v) is 4.32. The number of benzene rings is 1. The van der Waals surface area contributed by atoms with Crippen molar-refractivity contribution in [3.8, 4) is 11.5 Å². The highest BCUT2D eigenvalue weighted by molar-refractivity contribution is 5.90. The molecule has 0 radical (unpaired) electrons. The Morgan fingerprint density at radius 3 is 2.73 bits per heavy atom. The molecular weight excluding hydrogens is 196 g/mol. The molecule has 0 aromatic heterocycles. The first-order valence-electron chi connectivity index (χ1n) is 4.32. The molecule has 1 aromatic carbocycles. The van der Waals surface area contributed by atoms with Crippen molar-refractivity contribution < 1.29 is 19.7 Å². The minimum atomic E-state index is -1.23. The molecule has 0 bridgehead atoms. The van der Waals surface area contributed by atoms with Gasteiger partial charge in [-0.25, -0.2) is 4.79 Å². The van der Waals surface area contributed by atoms with Crippen LogP contribution in [-0.4, -0.2) is 17.7 Å². The Balaban J connectivity index is 2.82. The molecule has 0 heterocycles. The van der Waals surface area contributed by atoms with Crippen LogP contribution >= 0.6 is 0 Å².